The second-order valence-corrected chi connectivity index (χ2v) is 9.84. The average molecular weight is 625 g/mol. The van der Waals surface area contributed by atoms with Gasteiger partial charge in [0.1, 0.15) is 11.5 Å². The molecule has 42 heavy (non-hydrogen) atoms. The fraction of sp³-hybridized carbons (Fsp3) is 0.0333. The number of carbonyl (C=O) groups excluding carboxylic acids is 4. The summed E-state index contributed by atoms with van der Waals surface area (Å²) in [5.41, 5.74) is 3.74. The highest BCUT2D eigenvalue weighted by molar-refractivity contribution is 6.40. The molecule has 0 aromatic heterocycles. The first-order valence-electron chi connectivity index (χ1n) is 12.1. The van der Waals surface area contributed by atoms with Gasteiger partial charge in [-0.2, -0.15) is 5.10 Å². The number of amides is 2. The van der Waals surface area contributed by atoms with Crippen LogP contribution in [0, 0.1) is 6.92 Å². The van der Waals surface area contributed by atoms with Crippen LogP contribution in [-0.4, -0.2) is 30.0 Å². The maximum absolute atomic E-state index is 12.8. The van der Waals surface area contributed by atoms with Gasteiger partial charge in [-0.05, 0) is 85.3 Å². The van der Waals surface area contributed by atoms with Crippen molar-refractivity contribution in [2.75, 3.05) is 5.32 Å². The minimum atomic E-state index is -1.06. The molecule has 9 nitrogen and oxygen atoms in total. The zero-order valence-electron chi connectivity index (χ0n) is 21.7. The molecule has 0 aliphatic rings. The Hall–Kier alpha value is -4.70. The van der Waals surface area contributed by atoms with E-state index < -0.39 is 23.8 Å². The summed E-state index contributed by atoms with van der Waals surface area (Å²) in [6.45, 7) is 1.69. The van der Waals surface area contributed by atoms with Gasteiger partial charge in [0.25, 0.3) is 0 Å². The highest BCUT2D eigenvalue weighted by Gasteiger charge is 2.17. The van der Waals surface area contributed by atoms with E-state index in [1.807, 2.05) is 0 Å². The second-order valence-electron chi connectivity index (χ2n) is 8.56. The van der Waals surface area contributed by atoms with Gasteiger partial charge in [-0.1, -0.05) is 40.9 Å². The van der Waals surface area contributed by atoms with Crippen LogP contribution in [0.3, 0.4) is 0 Å². The van der Waals surface area contributed by atoms with Crippen molar-refractivity contribution >= 4 is 70.5 Å². The minimum absolute atomic E-state index is 0.0478. The van der Waals surface area contributed by atoms with Gasteiger partial charge in [-0.15, -0.1) is 0 Å². The van der Waals surface area contributed by atoms with Crippen molar-refractivity contribution < 1.29 is 28.7 Å². The highest BCUT2D eigenvalue weighted by atomic mass is 35.5. The summed E-state index contributed by atoms with van der Waals surface area (Å²) < 4.78 is 11.0. The Morgan fingerprint density at radius 2 is 1.33 bits per heavy atom. The molecule has 0 saturated carbocycles. The summed E-state index contributed by atoms with van der Waals surface area (Å²) in [5, 5.41) is 7.57. The Kier molecular flexibility index (Phi) is 9.93. The van der Waals surface area contributed by atoms with Crippen LogP contribution in [0.2, 0.25) is 15.1 Å². The summed E-state index contributed by atoms with van der Waals surface area (Å²) in [5.74, 6) is -3.42. The molecule has 0 heterocycles. The van der Waals surface area contributed by atoms with Crippen molar-refractivity contribution in [2.24, 2.45) is 5.10 Å². The molecular weight excluding hydrogens is 605 g/mol. The van der Waals surface area contributed by atoms with Gasteiger partial charge in [0.05, 0.1) is 17.3 Å². The predicted octanol–water partition coefficient (Wildman–Crippen LogP) is 6.48. The Balaban J connectivity index is 1.52. The van der Waals surface area contributed by atoms with Gasteiger partial charge >= 0.3 is 23.8 Å². The average Bonchev–Trinajstić information content (AvgIpc) is 2.97. The van der Waals surface area contributed by atoms with E-state index in [1.54, 1.807) is 37.3 Å². The summed E-state index contributed by atoms with van der Waals surface area (Å²) in [6, 6.07) is 21.1. The number of hydrogen-bond donors (Lipinski definition) is 2. The van der Waals surface area contributed by atoms with Crippen LogP contribution in [0.15, 0.2) is 90.0 Å². The standard InChI is InChI=1S/C30H20Cl3N3O6/c1-17-24(33)3-2-4-25(17)35-27(37)28(38)36-34-16-20-9-14-23(41-29(39)18-5-10-21(31)11-6-18)15-26(20)42-30(40)19-7-12-22(32)13-8-19/h2-16H,1H3,(H,35,37)(H,36,38)/b34-16+. The van der Waals surface area contributed by atoms with Crippen molar-refractivity contribution in [3.63, 3.8) is 0 Å². The number of hydrazone groups is 1. The van der Waals surface area contributed by atoms with E-state index in [1.165, 1.54) is 54.6 Å². The van der Waals surface area contributed by atoms with E-state index in [4.69, 9.17) is 44.3 Å². The zero-order chi connectivity index (χ0) is 30.2. The van der Waals surface area contributed by atoms with Crippen LogP contribution < -0.4 is 20.2 Å². The molecule has 0 aliphatic heterocycles. The number of nitrogens with zero attached hydrogens (tertiary/aromatic N) is 1. The van der Waals surface area contributed by atoms with E-state index in [-0.39, 0.29) is 28.2 Å². The van der Waals surface area contributed by atoms with Crippen LogP contribution in [0.25, 0.3) is 0 Å². The number of hydrogen-bond acceptors (Lipinski definition) is 7. The molecule has 0 unspecified atom stereocenters. The third kappa shape index (κ3) is 7.94. The number of carbonyl (C=O) groups is 4. The summed E-state index contributed by atoms with van der Waals surface area (Å²) in [4.78, 5) is 50.0. The maximum Gasteiger partial charge on any atom is 0.343 e. The lowest BCUT2D eigenvalue weighted by atomic mass is 10.2. The molecule has 4 aromatic carbocycles. The summed E-state index contributed by atoms with van der Waals surface area (Å²) in [7, 11) is 0. The van der Waals surface area contributed by atoms with E-state index in [0.717, 1.165) is 6.21 Å². The Morgan fingerprint density at radius 1 is 0.738 bits per heavy atom. The molecule has 0 bridgehead atoms. The Bertz CT molecular complexity index is 1690. The van der Waals surface area contributed by atoms with Crippen LogP contribution >= 0.6 is 34.8 Å². The van der Waals surface area contributed by atoms with E-state index in [9.17, 15) is 19.2 Å². The topological polar surface area (TPSA) is 123 Å². The van der Waals surface area contributed by atoms with Gasteiger partial charge in [0, 0.05) is 32.4 Å². The summed E-state index contributed by atoms with van der Waals surface area (Å²) >= 11 is 17.8. The van der Waals surface area contributed by atoms with Crippen LogP contribution in [-0.2, 0) is 9.59 Å². The molecule has 4 aromatic rings. The van der Waals surface area contributed by atoms with Crippen molar-refractivity contribution in [1.29, 1.82) is 0 Å². The SMILES string of the molecule is Cc1c(Cl)cccc1NC(=O)C(=O)N/N=C/c1ccc(OC(=O)c2ccc(Cl)cc2)cc1OC(=O)c1ccc(Cl)cc1. The molecule has 0 aliphatic carbocycles. The second kappa shape index (κ2) is 13.8. The van der Waals surface area contributed by atoms with Crippen molar-refractivity contribution in [3.05, 3.63) is 122 Å². The molecule has 0 radical (unpaired) electrons. The van der Waals surface area contributed by atoms with Gasteiger partial charge in [-0.3, -0.25) is 9.59 Å². The molecule has 0 atom stereocenters. The quantitative estimate of drug-likeness (QED) is 0.0798. The molecule has 2 N–H and O–H groups in total. The van der Waals surface area contributed by atoms with E-state index in [0.29, 0.717) is 26.3 Å². The van der Waals surface area contributed by atoms with Gasteiger partial charge in [0.2, 0.25) is 0 Å². The van der Waals surface area contributed by atoms with Gasteiger partial charge < -0.3 is 14.8 Å². The number of benzene rings is 4. The number of ether oxygens (including phenoxy) is 2. The molecule has 0 saturated heterocycles. The van der Waals surface area contributed by atoms with Crippen LogP contribution in [0.4, 0.5) is 5.69 Å². The predicted molar refractivity (Wildman–Crippen MR) is 160 cm³/mol. The fourth-order valence-electron chi connectivity index (χ4n) is 3.40. The number of nitrogens with one attached hydrogen (secondary N) is 2. The maximum atomic E-state index is 12.8. The van der Waals surface area contributed by atoms with Crippen LogP contribution in [0.5, 0.6) is 11.5 Å². The Morgan fingerprint density at radius 3 is 1.95 bits per heavy atom. The Labute approximate surface area is 255 Å². The molecule has 212 valence electrons. The first-order chi connectivity index (χ1) is 20.1. The third-order valence-electron chi connectivity index (χ3n) is 5.65. The molecule has 12 heteroatoms. The molecule has 4 rings (SSSR count). The summed E-state index contributed by atoms with van der Waals surface area (Å²) in [6.07, 6.45) is 1.16. The van der Waals surface area contributed by atoms with Gasteiger partial charge in [-0.25, -0.2) is 15.0 Å². The first-order valence-corrected chi connectivity index (χ1v) is 13.2. The zero-order valence-corrected chi connectivity index (χ0v) is 24.0. The van der Waals surface area contributed by atoms with Crippen molar-refractivity contribution in [2.45, 2.75) is 6.92 Å². The molecule has 0 spiro atoms. The first kappa shape index (κ1) is 30.3. The fourth-order valence-corrected chi connectivity index (χ4v) is 3.83. The van der Waals surface area contributed by atoms with Crippen LogP contribution in [0.1, 0.15) is 31.8 Å². The number of anilines is 1. The lowest BCUT2D eigenvalue weighted by Crippen LogP contribution is -2.32. The minimum Gasteiger partial charge on any atom is -0.423 e. The monoisotopic (exact) mass is 623 g/mol. The molecule has 2 amide bonds. The lowest BCUT2D eigenvalue weighted by Gasteiger charge is -2.11. The lowest BCUT2D eigenvalue weighted by molar-refractivity contribution is -0.136. The number of rotatable bonds is 7. The smallest absolute Gasteiger partial charge is 0.343 e. The van der Waals surface area contributed by atoms with Gasteiger partial charge in [0.15, 0.2) is 0 Å². The largest absolute Gasteiger partial charge is 0.423 e. The van der Waals surface area contributed by atoms with Crippen molar-refractivity contribution in [1.82, 2.24) is 5.43 Å². The highest BCUT2D eigenvalue weighted by Crippen LogP contribution is 2.26. The normalized spacial score (nSPS) is 10.7. The molecular formula is C30H20Cl3N3O6. The van der Waals surface area contributed by atoms with Crippen molar-refractivity contribution in [3.8, 4) is 11.5 Å². The van der Waals surface area contributed by atoms with E-state index >= 15 is 0 Å². The third-order valence-corrected chi connectivity index (χ3v) is 6.56. The number of halogens is 3. The van der Waals surface area contributed by atoms with E-state index in [2.05, 4.69) is 15.8 Å². The molecule has 0 fully saturated rings. The number of esters is 2.